The van der Waals surface area contributed by atoms with E-state index in [1.807, 2.05) is 54.6 Å². The van der Waals surface area contributed by atoms with Gasteiger partial charge in [-0.3, -0.25) is 23.7 Å². The van der Waals surface area contributed by atoms with Gasteiger partial charge in [0.05, 0.1) is 36.9 Å². The Morgan fingerprint density at radius 1 is 0.961 bits per heavy atom. The predicted octanol–water partition coefficient (Wildman–Crippen LogP) is -6.03. The van der Waals surface area contributed by atoms with Crippen molar-refractivity contribution in [3.05, 3.63) is 132 Å². The van der Waals surface area contributed by atoms with E-state index in [0.29, 0.717) is 42.6 Å². The fourth-order valence-electron chi connectivity index (χ4n) is 8.81. The van der Waals surface area contributed by atoms with E-state index in [9.17, 15) is 53.6 Å². The van der Waals surface area contributed by atoms with Crippen LogP contribution in [0, 0.1) is 0 Å². The largest absolute Gasteiger partial charge is 1.00 e. The fourth-order valence-corrected chi connectivity index (χ4v) is 12.1. The minimum atomic E-state index is -6.10. The number of halogens is 2. The van der Waals surface area contributed by atoms with E-state index in [0.717, 1.165) is 51.1 Å². The Bertz CT molecular complexity index is 2840. The molecule has 4 heterocycles. The molecule has 0 aliphatic carbocycles. The maximum absolute atomic E-state index is 12.8. The summed E-state index contributed by atoms with van der Waals surface area (Å²) in [7, 11) is -17.6. The van der Waals surface area contributed by atoms with E-state index in [1.54, 1.807) is 0 Å². The SMILES string of the molecule is CC1(C)C(/C=C/C=C/C=C2\N(CCOCCO)c3ccc(Cl)cc3C2(C)C)=[N+](CCCCCC(=O)N/C=C/c2cn([C@H]3CC(O)[C@@H](CO[P+]([O-])(O)OP(=O)([O-])O[P+]([O-])([O-])O)O3)c(=O)[nH]c2=O)c2ccc(Cl)cc21.[Na+].[Na+].[Na+]. The third-order valence-electron chi connectivity index (χ3n) is 12.2. The predicted molar refractivity (Wildman–Crippen MR) is 266 cm³/mol. The number of phosphoric ester groups is 1. The van der Waals surface area contributed by atoms with E-state index in [1.165, 1.54) is 12.3 Å². The summed E-state index contributed by atoms with van der Waals surface area (Å²) in [5.41, 5.74) is 3.90. The Hall–Kier alpha value is -0.830. The van der Waals surface area contributed by atoms with Gasteiger partial charge in [-0.2, -0.15) is 14.0 Å². The second-order valence-corrected chi connectivity index (χ2v) is 23.3. The zero-order chi connectivity index (χ0) is 53.5. The number of carbonyl (C=O) groups excluding carboxylic acids is 1. The number of aliphatic hydroxyl groups is 2. The summed E-state index contributed by atoms with van der Waals surface area (Å²) < 4.78 is 37.3. The molecule has 3 aromatic rings. The molecule has 76 heavy (non-hydrogen) atoms. The third kappa shape index (κ3) is 18.6. The molecule has 0 bridgehead atoms. The van der Waals surface area contributed by atoms with Gasteiger partial charge >= 0.3 is 110 Å². The summed E-state index contributed by atoms with van der Waals surface area (Å²) in [6, 6.07) is 11.8. The van der Waals surface area contributed by atoms with Crippen LogP contribution in [0.25, 0.3) is 6.08 Å². The van der Waals surface area contributed by atoms with Crippen molar-refractivity contribution >= 4 is 76.4 Å². The van der Waals surface area contributed by atoms with Crippen LogP contribution < -0.4 is 130 Å². The number of hydrogen-bond acceptors (Lipinski definition) is 18. The molecule has 1 aromatic heterocycles. The van der Waals surface area contributed by atoms with Gasteiger partial charge in [-0.15, -0.1) is 8.62 Å². The van der Waals surface area contributed by atoms with Crippen LogP contribution in [0.4, 0.5) is 11.4 Å². The molecule has 3 aliphatic heterocycles. The van der Waals surface area contributed by atoms with Gasteiger partial charge in [-0.05, 0) is 74.7 Å². The number of aromatic nitrogens is 2. The number of fused-ring (bicyclic) bond motifs is 2. The number of aromatic amines is 1. The molecule has 5 atom stereocenters. The smallest absolute Gasteiger partial charge is 0.751 e. The van der Waals surface area contributed by atoms with Crippen molar-refractivity contribution in [3.8, 4) is 0 Å². The summed E-state index contributed by atoms with van der Waals surface area (Å²) >= 11 is 12.9. The van der Waals surface area contributed by atoms with E-state index in [4.69, 9.17) is 37.6 Å². The molecular weight excluding hydrogens is 1130 g/mol. The number of aliphatic hydroxyl groups excluding tert-OH is 2. The van der Waals surface area contributed by atoms with Gasteiger partial charge in [0.15, 0.2) is 5.71 Å². The monoisotopic (exact) mass is 1180 g/mol. The van der Waals surface area contributed by atoms with Crippen LogP contribution in [0.2, 0.25) is 10.0 Å². The maximum atomic E-state index is 12.8. The van der Waals surface area contributed by atoms with E-state index >= 15 is 0 Å². The molecule has 0 spiro atoms. The first kappa shape index (κ1) is 69.4. The number of nitrogens with one attached hydrogen (secondary N) is 2. The van der Waals surface area contributed by atoms with Crippen molar-refractivity contribution in [2.45, 2.75) is 89.1 Å². The van der Waals surface area contributed by atoms with Crippen LogP contribution >= 0.6 is 47.4 Å². The number of benzene rings is 2. The van der Waals surface area contributed by atoms with Crippen molar-refractivity contribution < 1.29 is 165 Å². The van der Waals surface area contributed by atoms with Gasteiger partial charge in [0.25, 0.3) is 5.56 Å². The first-order chi connectivity index (χ1) is 34.2. The minimum Gasteiger partial charge on any atom is -0.751 e. The minimum absolute atomic E-state index is 0. The summed E-state index contributed by atoms with van der Waals surface area (Å²) in [5.74, 6) is -0.333. The van der Waals surface area contributed by atoms with Gasteiger partial charge in [0.1, 0.15) is 25.5 Å². The number of allylic oxidation sites excluding steroid dienone is 6. The number of H-pyrrole nitrogens is 1. The van der Waals surface area contributed by atoms with E-state index in [2.05, 4.69) is 72.8 Å². The van der Waals surface area contributed by atoms with Crippen LogP contribution in [-0.4, -0.2) is 97.5 Å². The normalized spacial score (nSPS) is 20.8. The molecule has 2 aromatic carbocycles. The molecule has 398 valence electrons. The molecule has 3 unspecified atom stereocenters. The van der Waals surface area contributed by atoms with Crippen molar-refractivity contribution in [1.29, 1.82) is 0 Å². The fraction of sp³-hybridized carbons (Fsp3) is 0.435. The van der Waals surface area contributed by atoms with Gasteiger partial charge < -0.3 is 49.5 Å². The number of phosphoric acid groups is 3. The molecule has 3 aliphatic rings. The molecule has 0 saturated carbocycles. The molecule has 1 saturated heterocycles. The standard InChI is InChI=1S/C46H58Cl2N5O17P3.3Na/c1-45(2)33-25-31(47)14-16-35(33)51(39(45)11-7-5-8-12-40-46(3,4)34-26-32(48)15-17-36(34)52(40)21-23-66-24-22-54)20-10-6-9-13-41(56)49-19-18-30-28-53(44(58)50-43(30)57)42-27-37(55)38(68-42)29-67-72(62,63)70-73(64,65)69-71(59,60)61;;;/h5,7-8,11-12,14-19,25-26,28,37-38,42,54-55H,6,9-10,13,20-24,27,29H2,1-4H3,(H5-,49,50,56,57,58,59,60,61,62,63,64,65);;;/q;3*+1/p-1/b19-18+;;;/t37?,38-,42-;;;/m1.../s1. The number of anilines is 1. The van der Waals surface area contributed by atoms with Gasteiger partial charge in [-0.25, -0.2) is 9.69 Å². The Morgan fingerprint density at radius 2 is 1.64 bits per heavy atom. The molecule has 6 rings (SSSR count). The van der Waals surface area contributed by atoms with Crippen molar-refractivity contribution in [2.75, 3.05) is 44.4 Å². The Morgan fingerprint density at radius 3 is 2.33 bits per heavy atom. The van der Waals surface area contributed by atoms with Crippen LogP contribution in [-0.2, 0) is 42.8 Å². The third-order valence-corrected chi connectivity index (χ3v) is 16.4. The Balaban J connectivity index is 0.00000507. The van der Waals surface area contributed by atoms with Crippen molar-refractivity contribution in [3.63, 3.8) is 0 Å². The molecule has 1 fully saturated rings. The maximum Gasteiger partial charge on any atom is 1.00 e. The molecule has 30 heteroatoms. The first-order valence-corrected chi connectivity index (χ1v) is 28.1. The van der Waals surface area contributed by atoms with Crippen molar-refractivity contribution in [2.24, 2.45) is 0 Å². The molecule has 1 amide bonds. The number of rotatable bonds is 24. The number of ether oxygens (including phenoxy) is 2. The summed E-state index contributed by atoms with van der Waals surface area (Å²) in [6.07, 6.45) is 11.4. The van der Waals surface area contributed by atoms with Gasteiger partial charge in [-0.1, -0.05) is 55.3 Å². The number of unbranched alkanes of at least 4 members (excludes halogenated alkanes) is 2. The van der Waals surface area contributed by atoms with Crippen molar-refractivity contribution in [1.82, 2.24) is 14.9 Å². The number of hydrogen-bond donors (Lipinski definition) is 6. The molecular formula is C46H57Cl2N5Na3O17P3+2. The average Bonchev–Trinajstić information content (AvgIpc) is 3.83. The second kappa shape index (κ2) is 29.9. The van der Waals surface area contributed by atoms with Crippen LogP contribution in [0.5, 0.6) is 0 Å². The second-order valence-electron chi connectivity index (χ2n) is 18.1. The number of amides is 1. The first-order valence-electron chi connectivity index (χ1n) is 22.9. The van der Waals surface area contributed by atoms with Gasteiger partial charge in [0, 0.05) is 82.8 Å². The van der Waals surface area contributed by atoms with E-state index in [-0.39, 0.29) is 137 Å². The topological polar surface area (TPSA) is 327 Å². The van der Waals surface area contributed by atoms with Crippen LogP contribution in [0.15, 0.2) is 94.5 Å². The summed E-state index contributed by atoms with van der Waals surface area (Å²) in [4.78, 5) is 106. The quantitative estimate of drug-likeness (QED) is 0.0160. The zero-order valence-corrected chi connectivity index (χ0v) is 53.3. The molecule has 6 N–H and O–H groups in total. The summed E-state index contributed by atoms with van der Waals surface area (Å²) in [5, 5.41) is 23.6. The van der Waals surface area contributed by atoms with Crippen LogP contribution in [0.1, 0.15) is 82.7 Å². The zero-order valence-electron chi connectivity index (χ0n) is 43.1. The summed E-state index contributed by atoms with van der Waals surface area (Å²) in [6.45, 7) is 9.55. The average molecular weight is 1180 g/mol. The Kier molecular flexibility index (Phi) is 27.4. The number of carbonyl (C=O) groups is 1. The Labute approximate surface area is 516 Å². The van der Waals surface area contributed by atoms with Gasteiger partial charge in [0.2, 0.25) is 19.8 Å². The molecule has 22 nitrogen and oxygen atoms in total. The number of nitrogens with zero attached hydrogens (tertiary/aromatic N) is 3. The van der Waals surface area contributed by atoms with Crippen LogP contribution in [0.3, 0.4) is 0 Å². The van der Waals surface area contributed by atoms with E-state index < -0.39 is 60.5 Å². The molecule has 0 radical (unpaired) electrons.